The molecule has 0 fully saturated rings. The van der Waals surface area contributed by atoms with Gasteiger partial charge in [-0.3, -0.25) is 0 Å². The molecule has 1 atom stereocenters. The molecule has 0 spiro atoms. The highest BCUT2D eigenvalue weighted by atomic mass is 19.1. The number of aliphatic hydroxyl groups is 1. The van der Waals surface area contributed by atoms with E-state index in [4.69, 9.17) is 5.73 Å². The number of hydrogen-bond donors (Lipinski definition) is 2. The van der Waals surface area contributed by atoms with E-state index in [0.717, 1.165) is 18.2 Å². The molecule has 4 heteroatoms. The van der Waals surface area contributed by atoms with Crippen LogP contribution in [0.2, 0.25) is 0 Å². The highest BCUT2D eigenvalue weighted by Gasteiger charge is 2.42. The second-order valence-corrected chi connectivity index (χ2v) is 4.94. The summed E-state index contributed by atoms with van der Waals surface area (Å²) < 4.78 is 26.7. The lowest BCUT2D eigenvalue weighted by molar-refractivity contribution is -0.0585. The lowest BCUT2D eigenvalue weighted by atomic mass is 9.72. The van der Waals surface area contributed by atoms with Gasteiger partial charge in [0.25, 0.3) is 0 Å². The molecule has 0 amide bonds. The standard InChI is InChI=1S/C12H17F2NO/c1-11(2,3)12(16,7-15)9-6-8(13)4-5-10(9)14/h4-6,16H,7,15H2,1-3H3. The van der Waals surface area contributed by atoms with E-state index in [2.05, 4.69) is 0 Å². The summed E-state index contributed by atoms with van der Waals surface area (Å²) in [4.78, 5) is 0. The molecule has 16 heavy (non-hydrogen) atoms. The Morgan fingerprint density at radius 2 is 1.81 bits per heavy atom. The Kier molecular flexibility index (Phi) is 3.35. The molecule has 0 aliphatic carbocycles. The monoisotopic (exact) mass is 229 g/mol. The van der Waals surface area contributed by atoms with Crippen molar-refractivity contribution >= 4 is 0 Å². The molecular formula is C12H17F2NO. The Bertz CT molecular complexity index is 387. The van der Waals surface area contributed by atoms with Crippen LogP contribution in [-0.4, -0.2) is 11.7 Å². The van der Waals surface area contributed by atoms with Crippen LogP contribution in [0.25, 0.3) is 0 Å². The summed E-state index contributed by atoms with van der Waals surface area (Å²) >= 11 is 0. The van der Waals surface area contributed by atoms with Gasteiger partial charge in [0.1, 0.15) is 17.2 Å². The van der Waals surface area contributed by atoms with Crippen molar-refractivity contribution in [1.82, 2.24) is 0 Å². The summed E-state index contributed by atoms with van der Waals surface area (Å²) in [7, 11) is 0. The van der Waals surface area contributed by atoms with Gasteiger partial charge in [-0.1, -0.05) is 20.8 Å². The second-order valence-electron chi connectivity index (χ2n) is 4.94. The molecule has 1 aromatic rings. The fraction of sp³-hybridized carbons (Fsp3) is 0.500. The van der Waals surface area contributed by atoms with Gasteiger partial charge in [-0.05, 0) is 23.6 Å². The van der Waals surface area contributed by atoms with Crippen LogP contribution in [0.3, 0.4) is 0 Å². The number of benzene rings is 1. The van der Waals surface area contributed by atoms with Crippen molar-refractivity contribution in [3.8, 4) is 0 Å². The van der Waals surface area contributed by atoms with E-state index in [9.17, 15) is 13.9 Å². The number of rotatable bonds is 2. The maximum atomic E-state index is 13.6. The second kappa shape index (κ2) is 4.11. The Morgan fingerprint density at radius 1 is 1.25 bits per heavy atom. The Labute approximate surface area is 94.1 Å². The van der Waals surface area contributed by atoms with Crippen LogP contribution < -0.4 is 5.73 Å². The molecule has 2 nitrogen and oxygen atoms in total. The van der Waals surface area contributed by atoms with Crippen LogP contribution >= 0.6 is 0 Å². The van der Waals surface area contributed by atoms with Crippen LogP contribution in [0, 0.1) is 17.0 Å². The third-order valence-corrected chi connectivity index (χ3v) is 2.91. The third kappa shape index (κ3) is 2.08. The highest BCUT2D eigenvalue weighted by Crippen LogP contribution is 2.39. The van der Waals surface area contributed by atoms with E-state index in [1.165, 1.54) is 0 Å². The van der Waals surface area contributed by atoms with E-state index in [-0.39, 0.29) is 12.1 Å². The van der Waals surface area contributed by atoms with Crippen LogP contribution in [0.4, 0.5) is 8.78 Å². The van der Waals surface area contributed by atoms with E-state index >= 15 is 0 Å². The molecule has 0 aliphatic rings. The normalized spacial score (nSPS) is 15.9. The molecule has 0 radical (unpaired) electrons. The molecule has 0 saturated heterocycles. The van der Waals surface area contributed by atoms with E-state index < -0.39 is 22.7 Å². The van der Waals surface area contributed by atoms with E-state index in [0.29, 0.717) is 0 Å². The molecule has 1 aromatic carbocycles. The fourth-order valence-electron chi connectivity index (χ4n) is 1.63. The summed E-state index contributed by atoms with van der Waals surface area (Å²) in [6.45, 7) is 5.01. The highest BCUT2D eigenvalue weighted by molar-refractivity contribution is 5.27. The van der Waals surface area contributed by atoms with Crippen LogP contribution in [0.15, 0.2) is 18.2 Å². The minimum atomic E-state index is -1.58. The van der Waals surface area contributed by atoms with Gasteiger partial charge in [-0.2, -0.15) is 0 Å². The van der Waals surface area contributed by atoms with Crippen molar-refractivity contribution in [1.29, 1.82) is 0 Å². The van der Waals surface area contributed by atoms with E-state index in [1.807, 2.05) is 0 Å². The number of nitrogens with two attached hydrogens (primary N) is 1. The quantitative estimate of drug-likeness (QED) is 0.816. The third-order valence-electron chi connectivity index (χ3n) is 2.91. The lowest BCUT2D eigenvalue weighted by Crippen LogP contribution is -2.47. The molecule has 1 rings (SSSR count). The number of halogens is 2. The Morgan fingerprint density at radius 3 is 2.25 bits per heavy atom. The van der Waals surface area contributed by atoms with Gasteiger partial charge in [0.2, 0.25) is 0 Å². The van der Waals surface area contributed by atoms with Gasteiger partial charge in [0, 0.05) is 12.1 Å². The summed E-state index contributed by atoms with van der Waals surface area (Å²) in [5.74, 6) is -1.24. The lowest BCUT2D eigenvalue weighted by Gasteiger charge is -2.40. The predicted molar refractivity (Wildman–Crippen MR) is 58.8 cm³/mol. The van der Waals surface area contributed by atoms with Gasteiger partial charge in [-0.15, -0.1) is 0 Å². The van der Waals surface area contributed by atoms with Crippen molar-refractivity contribution in [2.75, 3.05) is 6.54 Å². The SMILES string of the molecule is CC(C)(C)C(O)(CN)c1cc(F)ccc1F. The average molecular weight is 229 g/mol. The maximum absolute atomic E-state index is 13.6. The first-order valence-electron chi connectivity index (χ1n) is 5.10. The molecule has 0 aliphatic heterocycles. The molecule has 0 heterocycles. The minimum absolute atomic E-state index is 0.0949. The Hall–Kier alpha value is -1.00. The van der Waals surface area contributed by atoms with Crippen molar-refractivity contribution in [2.45, 2.75) is 26.4 Å². The Balaban J connectivity index is 3.39. The topological polar surface area (TPSA) is 46.2 Å². The first kappa shape index (κ1) is 13.1. The van der Waals surface area contributed by atoms with Crippen molar-refractivity contribution < 1.29 is 13.9 Å². The molecule has 0 saturated carbocycles. The fourth-order valence-corrected chi connectivity index (χ4v) is 1.63. The zero-order valence-electron chi connectivity index (χ0n) is 9.72. The van der Waals surface area contributed by atoms with Crippen molar-refractivity contribution in [3.63, 3.8) is 0 Å². The largest absolute Gasteiger partial charge is 0.383 e. The van der Waals surface area contributed by atoms with Gasteiger partial charge >= 0.3 is 0 Å². The zero-order valence-corrected chi connectivity index (χ0v) is 9.72. The predicted octanol–water partition coefficient (Wildman–Crippen LogP) is 2.16. The maximum Gasteiger partial charge on any atom is 0.129 e. The summed E-state index contributed by atoms with van der Waals surface area (Å²) in [5, 5.41) is 10.4. The molecule has 1 unspecified atom stereocenters. The van der Waals surface area contributed by atoms with Crippen LogP contribution in [-0.2, 0) is 5.60 Å². The first-order chi connectivity index (χ1) is 7.22. The summed E-state index contributed by atoms with van der Waals surface area (Å²) in [5.41, 5.74) is 3.14. The first-order valence-corrected chi connectivity index (χ1v) is 5.10. The summed E-state index contributed by atoms with van der Waals surface area (Å²) in [6.07, 6.45) is 0. The van der Waals surface area contributed by atoms with Crippen LogP contribution in [0.1, 0.15) is 26.3 Å². The van der Waals surface area contributed by atoms with Crippen molar-refractivity contribution in [2.24, 2.45) is 11.1 Å². The molecular weight excluding hydrogens is 212 g/mol. The minimum Gasteiger partial charge on any atom is -0.383 e. The van der Waals surface area contributed by atoms with Crippen LogP contribution in [0.5, 0.6) is 0 Å². The zero-order chi connectivity index (χ0) is 12.6. The number of hydrogen-bond acceptors (Lipinski definition) is 2. The molecule has 3 N–H and O–H groups in total. The molecule has 90 valence electrons. The smallest absolute Gasteiger partial charge is 0.129 e. The van der Waals surface area contributed by atoms with Gasteiger partial charge in [-0.25, -0.2) is 8.78 Å². The van der Waals surface area contributed by atoms with Gasteiger partial charge in [0.15, 0.2) is 0 Å². The summed E-state index contributed by atoms with van der Waals surface area (Å²) in [6, 6.07) is 3.00. The average Bonchev–Trinajstić information content (AvgIpc) is 2.19. The molecule has 0 aromatic heterocycles. The van der Waals surface area contributed by atoms with E-state index in [1.54, 1.807) is 20.8 Å². The van der Waals surface area contributed by atoms with Gasteiger partial charge in [0.05, 0.1) is 0 Å². The van der Waals surface area contributed by atoms with Crippen molar-refractivity contribution in [3.05, 3.63) is 35.4 Å². The van der Waals surface area contributed by atoms with Gasteiger partial charge < -0.3 is 10.8 Å². The molecule has 0 bridgehead atoms.